The summed E-state index contributed by atoms with van der Waals surface area (Å²) in [7, 11) is 5.54. The van der Waals surface area contributed by atoms with Crippen LogP contribution in [0.3, 0.4) is 0 Å². The maximum absolute atomic E-state index is 12.2. The van der Waals surface area contributed by atoms with Gasteiger partial charge in [-0.1, -0.05) is 63.3 Å². The number of ketones is 1. The maximum atomic E-state index is 12.2. The van der Waals surface area contributed by atoms with E-state index in [0.717, 1.165) is 38.5 Å². The lowest BCUT2D eigenvalue weighted by molar-refractivity contribution is -0.873. The molecule has 0 heterocycles. The zero-order chi connectivity index (χ0) is 22.8. The largest absolute Gasteiger partial charge is 0.549 e. The van der Waals surface area contributed by atoms with Crippen LogP contribution in [-0.4, -0.2) is 55.1 Å². The van der Waals surface area contributed by atoms with Crippen LogP contribution < -0.4 is 5.11 Å². The zero-order valence-corrected chi connectivity index (χ0v) is 19.8. The van der Waals surface area contributed by atoms with Crippen molar-refractivity contribution in [3.05, 3.63) is 24.3 Å². The Hall–Kier alpha value is -1.46. The molecule has 0 aromatic heterocycles. The van der Waals surface area contributed by atoms with Crippen molar-refractivity contribution in [2.75, 3.05) is 27.7 Å². The highest BCUT2D eigenvalue weighted by Gasteiger charge is 2.31. The van der Waals surface area contributed by atoms with E-state index in [-0.39, 0.29) is 13.0 Å². The molecule has 5 nitrogen and oxygen atoms in total. The fourth-order valence-electron chi connectivity index (χ4n) is 3.44. The molecule has 30 heavy (non-hydrogen) atoms. The second-order valence-electron chi connectivity index (χ2n) is 9.28. The van der Waals surface area contributed by atoms with Crippen LogP contribution in [0.2, 0.25) is 0 Å². The topological polar surface area (TPSA) is 77.4 Å². The zero-order valence-electron chi connectivity index (χ0n) is 19.8. The Bertz CT molecular complexity index is 520. The van der Waals surface area contributed by atoms with Crippen molar-refractivity contribution in [2.24, 2.45) is 5.92 Å². The third kappa shape index (κ3) is 16.3. The second-order valence-corrected chi connectivity index (χ2v) is 9.28. The summed E-state index contributed by atoms with van der Waals surface area (Å²) < 4.78 is 0.391. The van der Waals surface area contributed by atoms with Gasteiger partial charge < -0.3 is 19.5 Å². The third-order valence-corrected chi connectivity index (χ3v) is 5.09. The number of carboxylic acid groups (broad SMARTS) is 1. The molecule has 0 fully saturated rings. The summed E-state index contributed by atoms with van der Waals surface area (Å²) >= 11 is 0. The minimum atomic E-state index is -1.47. The number of carbonyl (C=O) groups is 2. The Morgan fingerprint density at radius 1 is 0.867 bits per heavy atom. The van der Waals surface area contributed by atoms with Crippen molar-refractivity contribution < 1.29 is 24.3 Å². The summed E-state index contributed by atoms with van der Waals surface area (Å²) in [6.07, 6.45) is 19.9. The highest BCUT2D eigenvalue weighted by atomic mass is 16.4. The van der Waals surface area contributed by atoms with Gasteiger partial charge in [0.1, 0.15) is 18.4 Å². The Morgan fingerprint density at radius 2 is 1.40 bits per heavy atom. The molecule has 0 saturated heterocycles. The number of quaternary nitrogens is 1. The second kappa shape index (κ2) is 17.2. The lowest BCUT2D eigenvalue weighted by Gasteiger charge is -2.30. The van der Waals surface area contributed by atoms with Gasteiger partial charge in [0.05, 0.1) is 33.0 Å². The maximum Gasteiger partial charge on any atom is 0.144 e. The van der Waals surface area contributed by atoms with E-state index < -0.39 is 23.8 Å². The summed E-state index contributed by atoms with van der Waals surface area (Å²) in [4.78, 5) is 23.6. The number of likely N-dealkylation sites (N-methyl/N-ethyl adjacent to an activating group) is 1. The van der Waals surface area contributed by atoms with E-state index >= 15 is 0 Å². The Morgan fingerprint density at radius 3 is 1.93 bits per heavy atom. The molecule has 0 spiro atoms. The summed E-state index contributed by atoms with van der Waals surface area (Å²) in [5, 5.41) is 21.5. The fourth-order valence-corrected chi connectivity index (χ4v) is 3.44. The number of aliphatic hydroxyl groups is 1. The quantitative estimate of drug-likeness (QED) is 0.148. The molecule has 2 atom stereocenters. The number of nitrogens with zero attached hydrogens (tertiary/aromatic N) is 1. The van der Waals surface area contributed by atoms with E-state index in [9.17, 15) is 19.8 Å². The fraction of sp³-hybridized carbons (Fsp3) is 0.760. The molecule has 0 amide bonds. The standard InChI is InChI=1S/C25H45NO4/c1-5-6-7-8-9-10-11-12-13-14-15-16-17-18-19-20-22(27)24(25(29)30)23(28)21-26(2,3)4/h9-10,12-13,23-24,28H,5-8,11,14-21H2,1-4H3/b10-9-,13-12-. The lowest BCUT2D eigenvalue weighted by atomic mass is 9.93. The Balaban J connectivity index is 3.85. The number of allylic oxidation sites excluding steroid dienone is 4. The molecule has 0 radical (unpaired) electrons. The van der Waals surface area contributed by atoms with E-state index in [4.69, 9.17) is 0 Å². The molecular formula is C25H45NO4. The van der Waals surface area contributed by atoms with E-state index in [1.807, 2.05) is 21.1 Å². The number of carbonyl (C=O) groups excluding carboxylic acids is 2. The number of aliphatic carboxylic acids is 1. The normalized spacial score (nSPS) is 14.4. The van der Waals surface area contributed by atoms with Gasteiger partial charge in [0, 0.05) is 6.42 Å². The molecule has 0 bridgehead atoms. The summed E-state index contributed by atoms with van der Waals surface area (Å²) in [6, 6.07) is 0. The highest BCUT2D eigenvalue weighted by Crippen LogP contribution is 2.14. The van der Waals surface area contributed by atoms with Crippen LogP contribution in [0.5, 0.6) is 0 Å². The number of unbranched alkanes of at least 4 members (excludes halogenated alkanes) is 8. The Labute approximate surface area is 184 Å². The van der Waals surface area contributed by atoms with Gasteiger partial charge in [-0.25, -0.2) is 0 Å². The SMILES string of the molecule is CCCCC/C=C\C/C=C\CCCCCCCC(=O)C(C(=O)[O-])C(O)C[N+](C)(C)C. The first-order chi connectivity index (χ1) is 14.2. The van der Waals surface area contributed by atoms with Gasteiger partial charge in [0.25, 0.3) is 0 Å². The Kier molecular flexibility index (Phi) is 16.4. The minimum absolute atomic E-state index is 0.192. The molecule has 1 N–H and O–H groups in total. The van der Waals surface area contributed by atoms with Crippen LogP contribution >= 0.6 is 0 Å². The number of rotatable bonds is 19. The van der Waals surface area contributed by atoms with Crippen LogP contribution in [0.4, 0.5) is 0 Å². The monoisotopic (exact) mass is 423 g/mol. The molecule has 0 aliphatic carbocycles. The van der Waals surface area contributed by atoms with E-state index in [0.29, 0.717) is 10.9 Å². The number of hydrogen-bond acceptors (Lipinski definition) is 4. The van der Waals surface area contributed by atoms with Crippen LogP contribution in [0.25, 0.3) is 0 Å². The van der Waals surface area contributed by atoms with Crippen LogP contribution in [0, 0.1) is 5.92 Å². The van der Waals surface area contributed by atoms with Crippen LogP contribution in [0.15, 0.2) is 24.3 Å². The molecule has 174 valence electrons. The lowest BCUT2D eigenvalue weighted by Crippen LogP contribution is -2.51. The molecule has 0 aromatic carbocycles. The van der Waals surface area contributed by atoms with Crippen LogP contribution in [-0.2, 0) is 9.59 Å². The van der Waals surface area contributed by atoms with E-state index in [1.165, 1.54) is 25.7 Å². The smallest absolute Gasteiger partial charge is 0.144 e. The molecule has 2 unspecified atom stereocenters. The molecule has 5 heteroatoms. The molecule has 0 rings (SSSR count). The van der Waals surface area contributed by atoms with E-state index in [2.05, 4.69) is 31.2 Å². The average Bonchev–Trinajstić information content (AvgIpc) is 2.63. The van der Waals surface area contributed by atoms with Gasteiger partial charge >= 0.3 is 0 Å². The highest BCUT2D eigenvalue weighted by molar-refractivity contribution is 5.98. The van der Waals surface area contributed by atoms with Gasteiger partial charge in [-0.3, -0.25) is 4.79 Å². The molecule has 0 saturated carbocycles. The number of Topliss-reactive ketones (excluding diaryl/α,β-unsaturated/α-hetero) is 1. The van der Waals surface area contributed by atoms with Crippen molar-refractivity contribution in [2.45, 2.75) is 90.1 Å². The third-order valence-electron chi connectivity index (χ3n) is 5.09. The molecule has 0 aliphatic heterocycles. The van der Waals surface area contributed by atoms with Gasteiger partial charge in [0.15, 0.2) is 0 Å². The first kappa shape index (κ1) is 28.5. The predicted octanol–water partition coefficient (Wildman–Crippen LogP) is 3.80. The molecule has 0 aromatic rings. The molecular weight excluding hydrogens is 378 g/mol. The van der Waals surface area contributed by atoms with Gasteiger partial charge in [-0.2, -0.15) is 0 Å². The van der Waals surface area contributed by atoms with Gasteiger partial charge in [0.2, 0.25) is 0 Å². The van der Waals surface area contributed by atoms with Crippen molar-refractivity contribution in [3.63, 3.8) is 0 Å². The number of aliphatic hydroxyl groups excluding tert-OH is 1. The van der Waals surface area contributed by atoms with Gasteiger partial charge in [-0.05, 0) is 38.5 Å². The molecule has 0 aliphatic rings. The van der Waals surface area contributed by atoms with Crippen molar-refractivity contribution >= 4 is 11.8 Å². The number of hydrogen-bond donors (Lipinski definition) is 1. The predicted molar refractivity (Wildman–Crippen MR) is 122 cm³/mol. The van der Waals surface area contributed by atoms with Crippen molar-refractivity contribution in [1.82, 2.24) is 0 Å². The summed E-state index contributed by atoms with van der Waals surface area (Å²) in [6.45, 7) is 2.42. The first-order valence-corrected chi connectivity index (χ1v) is 11.7. The van der Waals surface area contributed by atoms with Crippen molar-refractivity contribution in [1.29, 1.82) is 0 Å². The minimum Gasteiger partial charge on any atom is -0.549 e. The summed E-state index contributed by atoms with van der Waals surface area (Å²) in [5.74, 6) is -3.31. The van der Waals surface area contributed by atoms with E-state index in [1.54, 1.807) is 0 Å². The first-order valence-electron chi connectivity index (χ1n) is 11.7. The van der Waals surface area contributed by atoms with Crippen molar-refractivity contribution in [3.8, 4) is 0 Å². The number of carboxylic acids is 1. The summed E-state index contributed by atoms with van der Waals surface area (Å²) in [5.41, 5.74) is 0. The van der Waals surface area contributed by atoms with Crippen LogP contribution in [0.1, 0.15) is 84.0 Å². The average molecular weight is 424 g/mol. The van der Waals surface area contributed by atoms with Gasteiger partial charge in [-0.15, -0.1) is 0 Å².